The Bertz CT molecular complexity index is 805. The zero-order valence-electron chi connectivity index (χ0n) is 13.2. The van der Waals surface area contributed by atoms with Crippen molar-refractivity contribution in [1.29, 1.82) is 0 Å². The topological polar surface area (TPSA) is 67.4 Å². The highest BCUT2D eigenvalue weighted by molar-refractivity contribution is 6.05. The third-order valence-electron chi connectivity index (χ3n) is 3.79. The highest BCUT2D eigenvalue weighted by Gasteiger charge is 2.23. The van der Waals surface area contributed by atoms with E-state index in [9.17, 15) is 18.4 Å². The maximum absolute atomic E-state index is 13.6. The Balaban J connectivity index is 1.69. The van der Waals surface area contributed by atoms with Gasteiger partial charge >= 0.3 is 0 Å². The molecule has 0 radical (unpaired) electrons. The number of ether oxygens (including phenoxy) is 1. The van der Waals surface area contributed by atoms with Crippen molar-refractivity contribution in [2.24, 2.45) is 0 Å². The van der Waals surface area contributed by atoms with Gasteiger partial charge in [-0.2, -0.15) is 0 Å². The van der Waals surface area contributed by atoms with Gasteiger partial charge in [0.15, 0.2) is 0 Å². The molecule has 3 rings (SSSR count). The van der Waals surface area contributed by atoms with Crippen molar-refractivity contribution in [3.05, 3.63) is 59.7 Å². The van der Waals surface area contributed by atoms with Crippen molar-refractivity contribution in [2.75, 3.05) is 17.2 Å². The molecule has 1 aliphatic rings. The Morgan fingerprint density at radius 1 is 1.08 bits per heavy atom. The van der Waals surface area contributed by atoms with Crippen LogP contribution in [0.2, 0.25) is 0 Å². The van der Waals surface area contributed by atoms with E-state index in [4.69, 9.17) is 4.74 Å². The van der Waals surface area contributed by atoms with Crippen LogP contribution in [0.15, 0.2) is 42.5 Å². The summed E-state index contributed by atoms with van der Waals surface area (Å²) < 4.78 is 31.8. The van der Waals surface area contributed by atoms with Gasteiger partial charge in [0.25, 0.3) is 11.8 Å². The smallest absolute Gasteiger partial charge is 0.255 e. The molecule has 1 fully saturated rings. The SMILES string of the molecule is O=C(Nc1ccc(F)cc1F)c1cccc(NC(=O)C2CCCO2)c1. The van der Waals surface area contributed by atoms with E-state index in [1.807, 2.05) is 0 Å². The monoisotopic (exact) mass is 346 g/mol. The van der Waals surface area contributed by atoms with Crippen LogP contribution in [0.5, 0.6) is 0 Å². The molecule has 2 aromatic rings. The number of hydrogen-bond donors (Lipinski definition) is 2. The van der Waals surface area contributed by atoms with Gasteiger partial charge in [-0.15, -0.1) is 0 Å². The lowest BCUT2D eigenvalue weighted by molar-refractivity contribution is -0.124. The van der Waals surface area contributed by atoms with Crippen LogP contribution >= 0.6 is 0 Å². The van der Waals surface area contributed by atoms with Gasteiger partial charge < -0.3 is 15.4 Å². The Morgan fingerprint density at radius 2 is 1.92 bits per heavy atom. The molecule has 2 amide bonds. The zero-order chi connectivity index (χ0) is 17.8. The van der Waals surface area contributed by atoms with Crippen molar-refractivity contribution in [2.45, 2.75) is 18.9 Å². The Kier molecular flexibility index (Phi) is 5.04. The first-order chi connectivity index (χ1) is 12.0. The van der Waals surface area contributed by atoms with E-state index in [1.165, 1.54) is 12.1 Å². The van der Waals surface area contributed by atoms with E-state index in [1.54, 1.807) is 12.1 Å². The van der Waals surface area contributed by atoms with Crippen molar-refractivity contribution >= 4 is 23.2 Å². The van der Waals surface area contributed by atoms with Gasteiger partial charge in [-0.1, -0.05) is 6.07 Å². The number of carbonyl (C=O) groups is 2. The fraction of sp³-hybridized carbons (Fsp3) is 0.222. The van der Waals surface area contributed by atoms with Crippen molar-refractivity contribution in [3.63, 3.8) is 0 Å². The summed E-state index contributed by atoms with van der Waals surface area (Å²) in [4.78, 5) is 24.3. The molecule has 1 atom stereocenters. The molecule has 0 aliphatic carbocycles. The Morgan fingerprint density at radius 3 is 2.64 bits per heavy atom. The first kappa shape index (κ1) is 17.0. The van der Waals surface area contributed by atoms with Gasteiger partial charge in [0, 0.05) is 23.9 Å². The third kappa shape index (κ3) is 4.19. The molecular formula is C18H16F2N2O3. The molecule has 2 N–H and O–H groups in total. The van der Waals surface area contributed by atoms with Gasteiger partial charge in [-0.05, 0) is 43.2 Å². The van der Waals surface area contributed by atoms with Crippen LogP contribution in [0.1, 0.15) is 23.2 Å². The number of carbonyl (C=O) groups excluding carboxylic acids is 2. The van der Waals surface area contributed by atoms with E-state index >= 15 is 0 Å². The predicted octanol–water partition coefficient (Wildman–Crippen LogP) is 3.33. The van der Waals surface area contributed by atoms with Crippen LogP contribution in [-0.2, 0) is 9.53 Å². The summed E-state index contributed by atoms with van der Waals surface area (Å²) in [5.74, 6) is -2.43. The van der Waals surface area contributed by atoms with Gasteiger partial charge in [-0.3, -0.25) is 9.59 Å². The molecule has 1 heterocycles. The second kappa shape index (κ2) is 7.40. The fourth-order valence-corrected chi connectivity index (χ4v) is 2.53. The van der Waals surface area contributed by atoms with Gasteiger partial charge in [-0.25, -0.2) is 8.78 Å². The van der Waals surface area contributed by atoms with Crippen LogP contribution in [0.3, 0.4) is 0 Å². The minimum atomic E-state index is -0.865. The van der Waals surface area contributed by atoms with E-state index in [-0.39, 0.29) is 17.2 Å². The van der Waals surface area contributed by atoms with Crippen molar-refractivity contribution in [3.8, 4) is 0 Å². The van der Waals surface area contributed by atoms with Crippen molar-refractivity contribution < 1.29 is 23.1 Å². The van der Waals surface area contributed by atoms with Crippen LogP contribution < -0.4 is 10.6 Å². The Hall–Kier alpha value is -2.80. The highest BCUT2D eigenvalue weighted by Crippen LogP contribution is 2.19. The first-order valence-corrected chi connectivity index (χ1v) is 7.82. The molecule has 7 heteroatoms. The normalized spacial score (nSPS) is 16.5. The molecule has 1 saturated heterocycles. The maximum atomic E-state index is 13.6. The van der Waals surface area contributed by atoms with Crippen LogP contribution in [0, 0.1) is 11.6 Å². The average molecular weight is 346 g/mol. The molecule has 0 spiro atoms. The molecule has 1 aliphatic heterocycles. The van der Waals surface area contributed by atoms with Gasteiger partial charge in [0.1, 0.15) is 17.7 Å². The molecule has 130 valence electrons. The fourth-order valence-electron chi connectivity index (χ4n) is 2.53. The summed E-state index contributed by atoms with van der Waals surface area (Å²) in [6.07, 6.45) is 1.02. The zero-order valence-corrected chi connectivity index (χ0v) is 13.2. The second-order valence-electron chi connectivity index (χ2n) is 5.65. The molecule has 5 nitrogen and oxygen atoms in total. The average Bonchev–Trinajstić information content (AvgIpc) is 3.12. The van der Waals surface area contributed by atoms with Crippen LogP contribution in [0.25, 0.3) is 0 Å². The molecule has 0 bridgehead atoms. The van der Waals surface area contributed by atoms with Crippen molar-refractivity contribution in [1.82, 2.24) is 0 Å². The number of hydrogen-bond acceptors (Lipinski definition) is 3. The third-order valence-corrected chi connectivity index (χ3v) is 3.79. The van der Waals surface area contributed by atoms with Crippen LogP contribution in [-0.4, -0.2) is 24.5 Å². The summed E-state index contributed by atoms with van der Waals surface area (Å²) in [6, 6.07) is 9.13. The molecule has 25 heavy (non-hydrogen) atoms. The standard InChI is InChI=1S/C18H16F2N2O3/c19-12-6-7-15(14(20)10-12)22-17(23)11-3-1-4-13(9-11)21-18(24)16-5-2-8-25-16/h1,3-4,6-7,9-10,16H,2,5,8H2,(H,21,24)(H,22,23). The maximum Gasteiger partial charge on any atom is 0.255 e. The summed E-state index contributed by atoms with van der Waals surface area (Å²) in [5.41, 5.74) is 0.543. The Labute approximate surface area is 143 Å². The minimum absolute atomic E-state index is 0.125. The number of amides is 2. The number of benzene rings is 2. The first-order valence-electron chi connectivity index (χ1n) is 7.82. The summed E-state index contributed by atoms with van der Waals surface area (Å²) in [7, 11) is 0. The largest absolute Gasteiger partial charge is 0.368 e. The molecule has 0 aromatic heterocycles. The van der Waals surface area contributed by atoms with E-state index in [0.717, 1.165) is 18.6 Å². The quantitative estimate of drug-likeness (QED) is 0.892. The second-order valence-corrected chi connectivity index (χ2v) is 5.65. The highest BCUT2D eigenvalue weighted by atomic mass is 19.1. The van der Waals surface area contributed by atoms with E-state index in [2.05, 4.69) is 10.6 Å². The summed E-state index contributed by atoms with van der Waals surface area (Å²) in [6.45, 7) is 0.559. The number of anilines is 2. The van der Waals surface area contributed by atoms with E-state index in [0.29, 0.717) is 24.8 Å². The lowest BCUT2D eigenvalue weighted by Gasteiger charge is -2.11. The van der Waals surface area contributed by atoms with E-state index < -0.39 is 23.6 Å². The minimum Gasteiger partial charge on any atom is -0.368 e. The predicted molar refractivity (Wildman–Crippen MR) is 88.4 cm³/mol. The van der Waals surface area contributed by atoms with Crippen LogP contribution in [0.4, 0.5) is 20.2 Å². The number of halogens is 2. The summed E-state index contributed by atoms with van der Waals surface area (Å²) in [5, 5.41) is 5.07. The molecule has 0 saturated carbocycles. The lowest BCUT2D eigenvalue weighted by atomic mass is 10.1. The van der Waals surface area contributed by atoms with Gasteiger partial charge in [0.2, 0.25) is 0 Å². The van der Waals surface area contributed by atoms with Gasteiger partial charge in [0.05, 0.1) is 5.69 Å². The summed E-state index contributed by atoms with van der Waals surface area (Å²) >= 11 is 0. The number of rotatable bonds is 4. The number of nitrogens with one attached hydrogen (secondary N) is 2. The molecule has 1 unspecified atom stereocenters. The molecular weight excluding hydrogens is 330 g/mol. The molecule has 2 aromatic carbocycles. The lowest BCUT2D eigenvalue weighted by Crippen LogP contribution is -2.27.